The van der Waals surface area contributed by atoms with Crippen molar-refractivity contribution in [2.75, 3.05) is 25.1 Å². The van der Waals surface area contributed by atoms with Gasteiger partial charge in [-0.15, -0.1) is 0 Å². The van der Waals surface area contributed by atoms with E-state index in [1.165, 1.54) is 12.1 Å². The van der Waals surface area contributed by atoms with Gasteiger partial charge in [-0.3, -0.25) is 0 Å². The van der Waals surface area contributed by atoms with Crippen molar-refractivity contribution in [3.63, 3.8) is 0 Å². The molecular formula is C11H15ClFNO2. The lowest BCUT2D eigenvalue weighted by atomic mass is 9.93. The molecule has 0 aliphatic heterocycles. The molecule has 1 aromatic rings. The SMILES string of the molecule is CC(CO)(CO)CNc1cc(F)cc(Cl)c1. The highest BCUT2D eigenvalue weighted by molar-refractivity contribution is 6.30. The quantitative estimate of drug-likeness (QED) is 0.745. The molecule has 0 aliphatic rings. The van der Waals surface area contributed by atoms with Gasteiger partial charge in [0, 0.05) is 22.7 Å². The maximum atomic E-state index is 13.0. The number of benzene rings is 1. The summed E-state index contributed by atoms with van der Waals surface area (Å²) in [4.78, 5) is 0. The fourth-order valence-corrected chi connectivity index (χ4v) is 1.35. The first-order valence-electron chi connectivity index (χ1n) is 4.91. The van der Waals surface area contributed by atoms with Gasteiger partial charge in [-0.25, -0.2) is 4.39 Å². The highest BCUT2D eigenvalue weighted by Crippen LogP contribution is 2.20. The topological polar surface area (TPSA) is 52.5 Å². The van der Waals surface area contributed by atoms with Crippen molar-refractivity contribution >= 4 is 17.3 Å². The van der Waals surface area contributed by atoms with Crippen LogP contribution >= 0.6 is 11.6 Å². The van der Waals surface area contributed by atoms with Crippen LogP contribution in [0.5, 0.6) is 0 Å². The number of hydrogen-bond donors (Lipinski definition) is 3. The Morgan fingerprint density at radius 2 is 1.94 bits per heavy atom. The Labute approximate surface area is 98.9 Å². The average molecular weight is 248 g/mol. The molecule has 0 aromatic heterocycles. The lowest BCUT2D eigenvalue weighted by Gasteiger charge is -2.25. The first-order chi connectivity index (χ1) is 7.49. The summed E-state index contributed by atoms with van der Waals surface area (Å²) in [5.41, 5.74) is -0.114. The van der Waals surface area contributed by atoms with Gasteiger partial charge >= 0.3 is 0 Å². The zero-order chi connectivity index (χ0) is 12.2. The molecule has 0 fully saturated rings. The van der Waals surface area contributed by atoms with Crippen LogP contribution < -0.4 is 5.32 Å². The van der Waals surface area contributed by atoms with Crippen molar-refractivity contribution in [2.45, 2.75) is 6.92 Å². The number of anilines is 1. The molecule has 1 aromatic carbocycles. The second-order valence-corrected chi connectivity index (χ2v) is 4.58. The second kappa shape index (κ2) is 5.48. The predicted octanol–water partition coefficient (Wildman–Crippen LogP) is 1.88. The van der Waals surface area contributed by atoms with E-state index in [0.29, 0.717) is 17.3 Å². The van der Waals surface area contributed by atoms with E-state index in [2.05, 4.69) is 5.32 Å². The molecule has 0 atom stereocenters. The summed E-state index contributed by atoms with van der Waals surface area (Å²) in [5, 5.41) is 21.4. The van der Waals surface area contributed by atoms with Crippen LogP contribution in [0.1, 0.15) is 6.92 Å². The largest absolute Gasteiger partial charge is 0.396 e. The third-order valence-corrected chi connectivity index (χ3v) is 2.56. The van der Waals surface area contributed by atoms with Crippen molar-refractivity contribution in [1.29, 1.82) is 0 Å². The van der Waals surface area contributed by atoms with Crippen LogP contribution in [0.2, 0.25) is 5.02 Å². The molecule has 0 amide bonds. The maximum Gasteiger partial charge on any atom is 0.126 e. The number of aliphatic hydroxyl groups excluding tert-OH is 2. The van der Waals surface area contributed by atoms with Crippen LogP contribution in [0.4, 0.5) is 10.1 Å². The van der Waals surface area contributed by atoms with E-state index in [4.69, 9.17) is 21.8 Å². The summed E-state index contributed by atoms with van der Waals surface area (Å²) in [6, 6.07) is 4.10. The lowest BCUT2D eigenvalue weighted by Crippen LogP contribution is -2.34. The minimum Gasteiger partial charge on any atom is -0.396 e. The third kappa shape index (κ3) is 3.63. The van der Waals surface area contributed by atoms with Crippen molar-refractivity contribution in [3.05, 3.63) is 29.0 Å². The monoisotopic (exact) mass is 247 g/mol. The molecule has 3 nitrogen and oxygen atoms in total. The fraction of sp³-hybridized carbons (Fsp3) is 0.455. The zero-order valence-electron chi connectivity index (χ0n) is 9.00. The highest BCUT2D eigenvalue weighted by Gasteiger charge is 2.22. The van der Waals surface area contributed by atoms with Gasteiger partial charge in [-0.1, -0.05) is 18.5 Å². The van der Waals surface area contributed by atoms with Gasteiger partial charge in [0.1, 0.15) is 5.82 Å². The molecule has 0 saturated heterocycles. The van der Waals surface area contributed by atoms with Gasteiger partial charge in [-0.2, -0.15) is 0 Å². The summed E-state index contributed by atoms with van der Waals surface area (Å²) < 4.78 is 13.0. The maximum absolute atomic E-state index is 13.0. The van der Waals surface area contributed by atoms with Crippen LogP contribution in [0, 0.1) is 11.2 Å². The van der Waals surface area contributed by atoms with E-state index in [9.17, 15) is 4.39 Å². The molecule has 90 valence electrons. The molecule has 0 heterocycles. The van der Waals surface area contributed by atoms with E-state index >= 15 is 0 Å². The van der Waals surface area contributed by atoms with Gasteiger partial charge in [0.15, 0.2) is 0 Å². The summed E-state index contributed by atoms with van der Waals surface area (Å²) in [6.45, 7) is 1.75. The Hall–Kier alpha value is -0.840. The standard InChI is InChI=1S/C11H15ClFNO2/c1-11(6-15,7-16)5-14-10-3-8(12)2-9(13)4-10/h2-4,14-16H,5-7H2,1H3. The molecular weight excluding hydrogens is 233 g/mol. The van der Waals surface area contributed by atoms with Gasteiger partial charge in [0.2, 0.25) is 0 Å². The molecule has 3 N–H and O–H groups in total. The van der Waals surface area contributed by atoms with Crippen molar-refractivity contribution < 1.29 is 14.6 Å². The minimum absolute atomic E-state index is 0.153. The van der Waals surface area contributed by atoms with Gasteiger partial charge < -0.3 is 15.5 Å². The highest BCUT2D eigenvalue weighted by atomic mass is 35.5. The molecule has 5 heteroatoms. The zero-order valence-corrected chi connectivity index (χ0v) is 9.76. The molecule has 0 saturated carbocycles. The van der Waals surface area contributed by atoms with Gasteiger partial charge in [0.05, 0.1) is 13.2 Å². The minimum atomic E-state index is -0.640. The van der Waals surface area contributed by atoms with Gasteiger partial charge in [0.25, 0.3) is 0 Å². The summed E-state index contributed by atoms with van der Waals surface area (Å²) in [7, 11) is 0. The van der Waals surface area contributed by atoms with Gasteiger partial charge in [-0.05, 0) is 18.2 Å². The number of halogens is 2. The van der Waals surface area contributed by atoms with Crippen molar-refractivity contribution in [3.8, 4) is 0 Å². The number of rotatable bonds is 5. The Kier molecular flexibility index (Phi) is 4.53. The van der Waals surface area contributed by atoms with Crippen LogP contribution in [0.3, 0.4) is 0 Å². The summed E-state index contributed by atoms with van der Waals surface area (Å²) >= 11 is 5.69. The van der Waals surface area contributed by atoms with E-state index in [0.717, 1.165) is 0 Å². The van der Waals surface area contributed by atoms with Crippen molar-refractivity contribution in [1.82, 2.24) is 0 Å². The number of hydrogen-bond acceptors (Lipinski definition) is 3. The van der Waals surface area contributed by atoms with Crippen LogP contribution in [0.15, 0.2) is 18.2 Å². The molecule has 16 heavy (non-hydrogen) atoms. The first kappa shape index (κ1) is 13.2. The smallest absolute Gasteiger partial charge is 0.126 e. The molecule has 0 bridgehead atoms. The normalized spacial score (nSPS) is 11.6. The number of aliphatic hydroxyl groups is 2. The first-order valence-corrected chi connectivity index (χ1v) is 5.28. The Morgan fingerprint density at radius 1 is 1.31 bits per heavy atom. The summed E-state index contributed by atoms with van der Waals surface area (Å²) in [6.07, 6.45) is 0. The van der Waals surface area contributed by atoms with E-state index in [-0.39, 0.29) is 13.2 Å². The predicted molar refractivity (Wildman–Crippen MR) is 62.2 cm³/mol. The van der Waals surface area contributed by atoms with E-state index in [1.807, 2.05) is 0 Å². The van der Waals surface area contributed by atoms with Crippen molar-refractivity contribution in [2.24, 2.45) is 5.41 Å². The van der Waals surface area contributed by atoms with E-state index < -0.39 is 11.2 Å². The molecule has 0 unspecified atom stereocenters. The molecule has 0 aliphatic carbocycles. The second-order valence-electron chi connectivity index (χ2n) is 4.14. The Morgan fingerprint density at radius 3 is 2.44 bits per heavy atom. The van der Waals surface area contributed by atoms with Crippen LogP contribution in [-0.4, -0.2) is 30.0 Å². The number of nitrogens with one attached hydrogen (secondary N) is 1. The summed E-state index contributed by atoms with van der Waals surface area (Å²) in [5.74, 6) is -0.426. The average Bonchev–Trinajstić information content (AvgIpc) is 2.25. The fourth-order valence-electron chi connectivity index (χ4n) is 1.13. The Balaban J connectivity index is 2.67. The molecule has 0 radical (unpaired) electrons. The third-order valence-electron chi connectivity index (χ3n) is 2.35. The Bertz CT molecular complexity index is 336. The van der Waals surface area contributed by atoms with Crippen LogP contribution in [0.25, 0.3) is 0 Å². The molecule has 1 rings (SSSR count). The molecule has 0 spiro atoms. The van der Waals surface area contributed by atoms with Crippen LogP contribution in [-0.2, 0) is 0 Å². The lowest BCUT2D eigenvalue weighted by molar-refractivity contribution is 0.0806. The van der Waals surface area contributed by atoms with E-state index in [1.54, 1.807) is 13.0 Å².